The van der Waals surface area contributed by atoms with Crippen LogP contribution in [0.3, 0.4) is 0 Å². The number of hydrogen-bond acceptors (Lipinski definition) is 4. The SMILES string of the molecule is Oc1ccc(C2(c3ccc(O)c(Oc4ccccc4)c3)c3ccccc3Cc3ccccc32)cc1Oc1ccccc1. The fourth-order valence-corrected chi connectivity index (χ4v) is 6.11. The smallest absolute Gasteiger partial charge is 0.169 e. The molecule has 0 heterocycles. The molecule has 0 fully saturated rings. The van der Waals surface area contributed by atoms with Crippen LogP contribution in [0.4, 0.5) is 0 Å². The zero-order valence-electron chi connectivity index (χ0n) is 22.8. The van der Waals surface area contributed by atoms with Crippen LogP contribution in [0.15, 0.2) is 146 Å². The number of rotatable bonds is 6. The van der Waals surface area contributed by atoms with Crippen molar-refractivity contribution in [3.05, 3.63) is 179 Å². The average Bonchev–Trinajstić information content (AvgIpc) is 3.03. The zero-order valence-corrected chi connectivity index (χ0v) is 22.8. The van der Waals surface area contributed by atoms with Gasteiger partial charge in [-0.25, -0.2) is 0 Å². The Morgan fingerprint density at radius 2 is 0.857 bits per heavy atom. The first kappa shape index (κ1) is 25.5. The monoisotopic (exact) mass is 548 g/mol. The number of fused-ring (bicyclic) bond motifs is 2. The van der Waals surface area contributed by atoms with Gasteiger partial charge in [-0.05, 0) is 88.3 Å². The lowest BCUT2D eigenvalue weighted by Crippen LogP contribution is -2.36. The van der Waals surface area contributed by atoms with Crippen LogP contribution in [0.1, 0.15) is 33.4 Å². The van der Waals surface area contributed by atoms with Crippen molar-refractivity contribution in [3.63, 3.8) is 0 Å². The number of phenolic OH excluding ortho intramolecular Hbond substituents is 2. The molecule has 6 aromatic carbocycles. The average molecular weight is 549 g/mol. The third-order valence-corrected chi connectivity index (χ3v) is 7.95. The molecule has 0 radical (unpaired) electrons. The molecule has 6 aromatic rings. The van der Waals surface area contributed by atoms with Gasteiger partial charge >= 0.3 is 0 Å². The van der Waals surface area contributed by atoms with Crippen molar-refractivity contribution in [1.82, 2.24) is 0 Å². The largest absolute Gasteiger partial charge is 0.504 e. The predicted octanol–water partition coefficient (Wildman–Crippen LogP) is 8.97. The molecule has 0 atom stereocenters. The summed E-state index contributed by atoms with van der Waals surface area (Å²) < 4.78 is 12.4. The molecule has 42 heavy (non-hydrogen) atoms. The van der Waals surface area contributed by atoms with Gasteiger partial charge in [-0.15, -0.1) is 0 Å². The van der Waals surface area contributed by atoms with E-state index in [1.165, 1.54) is 11.1 Å². The van der Waals surface area contributed by atoms with Crippen molar-refractivity contribution in [3.8, 4) is 34.5 Å². The lowest BCUT2D eigenvalue weighted by molar-refractivity contribution is 0.408. The first-order chi connectivity index (χ1) is 20.6. The normalized spacial score (nSPS) is 13.0. The van der Waals surface area contributed by atoms with Gasteiger partial charge in [-0.3, -0.25) is 0 Å². The van der Waals surface area contributed by atoms with Crippen molar-refractivity contribution in [2.75, 3.05) is 0 Å². The van der Waals surface area contributed by atoms with Crippen LogP contribution in [0, 0.1) is 0 Å². The highest BCUT2D eigenvalue weighted by Gasteiger charge is 2.44. The molecular formula is C38H28O4. The van der Waals surface area contributed by atoms with Crippen LogP contribution in [-0.2, 0) is 11.8 Å². The van der Waals surface area contributed by atoms with Gasteiger partial charge in [0, 0.05) is 0 Å². The standard InChI is InChI=1S/C38H28O4/c39-34-21-19-28(24-36(34)41-30-13-3-1-4-14-30)38(29-20-22-35(40)37(25-29)42-31-15-5-2-6-16-31)32-17-9-7-11-26(32)23-27-12-8-10-18-33(27)38/h1-22,24-25,39-40H,23H2. The Kier molecular flexibility index (Phi) is 6.37. The van der Waals surface area contributed by atoms with Crippen LogP contribution in [-0.4, -0.2) is 10.2 Å². The summed E-state index contributed by atoms with van der Waals surface area (Å²) in [5.41, 5.74) is 5.69. The molecule has 2 N–H and O–H groups in total. The van der Waals surface area contributed by atoms with Gasteiger partial charge < -0.3 is 19.7 Å². The number of benzene rings is 6. The maximum Gasteiger partial charge on any atom is 0.169 e. The van der Waals surface area contributed by atoms with Crippen LogP contribution >= 0.6 is 0 Å². The molecule has 7 rings (SSSR count). The van der Waals surface area contributed by atoms with E-state index in [4.69, 9.17) is 9.47 Å². The molecule has 1 aliphatic carbocycles. The van der Waals surface area contributed by atoms with E-state index in [0.717, 1.165) is 28.7 Å². The molecular weight excluding hydrogens is 520 g/mol. The third-order valence-electron chi connectivity index (χ3n) is 7.95. The highest BCUT2D eigenvalue weighted by atomic mass is 16.5. The van der Waals surface area contributed by atoms with Crippen molar-refractivity contribution < 1.29 is 19.7 Å². The van der Waals surface area contributed by atoms with Crippen molar-refractivity contribution in [2.45, 2.75) is 11.8 Å². The van der Waals surface area contributed by atoms with E-state index in [9.17, 15) is 10.2 Å². The Hall–Kier alpha value is -5.48. The number of para-hydroxylation sites is 2. The molecule has 0 bridgehead atoms. The summed E-state index contributed by atoms with van der Waals surface area (Å²) in [5, 5.41) is 21.8. The van der Waals surface area contributed by atoms with Crippen LogP contribution in [0.25, 0.3) is 0 Å². The maximum atomic E-state index is 10.9. The Morgan fingerprint density at radius 1 is 0.452 bits per heavy atom. The molecule has 0 saturated carbocycles. The molecule has 0 spiro atoms. The maximum absolute atomic E-state index is 10.9. The Labute approximate surface area is 244 Å². The summed E-state index contributed by atoms with van der Waals surface area (Å²) >= 11 is 0. The summed E-state index contributed by atoms with van der Waals surface area (Å²) in [6.45, 7) is 0. The summed E-state index contributed by atoms with van der Waals surface area (Å²) in [4.78, 5) is 0. The molecule has 4 nitrogen and oxygen atoms in total. The highest BCUT2D eigenvalue weighted by molar-refractivity contribution is 5.69. The van der Waals surface area contributed by atoms with Crippen LogP contribution < -0.4 is 9.47 Å². The van der Waals surface area contributed by atoms with E-state index >= 15 is 0 Å². The number of hydrogen-bond donors (Lipinski definition) is 2. The fraction of sp³-hybridized carbons (Fsp3) is 0.0526. The Balaban J connectivity index is 1.50. The van der Waals surface area contributed by atoms with Crippen LogP contribution in [0.2, 0.25) is 0 Å². The first-order valence-corrected chi connectivity index (χ1v) is 13.9. The number of phenols is 2. The lowest BCUT2D eigenvalue weighted by Gasteiger charge is -2.42. The van der Waals surface area contributed by atoms with Gasteiger partial charge in [0.05, 0.1) is 5.41 Å². The number of aromatic hydroxyl groups is 2. The second-order valence-corrected chi connectivity index (χ2v) is 10.4. The summed E-state index contributed by atoms with van der Waals surface area (Å²) in [7, 11) is 0. The molecule has 0 unspecified atom stereocenters. The minimum atomic E-state index is -0.795. The van der Waals surface area contributed by atoms with Crippen molar-refractivity contribution >= 4 is 0 Å². The Morgan fingerprint density at radius 3 is 1.31 bits per heavy atom. The summed E-state index contributed by atoms with van der Waals surface area (Å²) in [6, 6.07) is 47.0. The van der Waals surface area contributed by atoms with Crippen molar-refractivity contribution in [2.24, 2.45) is 0 Å². The zero-order chi connectivity index (χ0) is 28.5. The molecule has 0 aromatic heterocycles. The quantitative estimate of drug-likeness (QED) is 0.218. The second kappa shape index (κ2) is 10.5. The van der Waals surface area contributed by atoms with Gasteiger partial charge in [0.15, 0.2) is 23.0 Å². The van der Waals surface area contributed by atoms with E-state index in [1.807, 2.05) is 84.9 Å². The molecule has 4 heteroatoms. The van der Waals surface area contributed by atoms with E-state index in [2.05, 4.69) is 48.5 Å². The van der Waals surface area contributed by atoms with Gasteiger partial charge in [0.1, 0.15) is 11.5 Å². The molecule has 1 aliphatic rings. The number of ether oxygens (including phenoxy) is 2. The van der Waals surface area contributed by atoms with Gasteiger partial charge in [0.25, 0.3) is 0 Å². The highest BCUT2D eigenvalue weighted by Crippen LogP contribution is 2.53. The summed E-state index contributed by atoms with van der Waals surface area (Å²) in [6.07, 6.45) is 0.797. The Bertz CT molecular complexity index is 1740. The molecule has 0 amide bonds. The van der Waals surface area contributed by atoms with Crippen LogP contribution in [0.5, 0.6) is 34.5 Å². The molecule has 0 aliphatic heterocycles. The van der Waals surface area contributed by atoms with Gasteiger partial charge in [-0.1, -0.05) is 97.1 Å². The third kappa shape index (κ3) is 4.34. The van der Waals surface area contributed by atoms with E-state index in [1.54, 1.807) is 12.1 Å². The van der Waals surface area contributed by atoms with E-state index in [0.29, 0.717) is 23.0 Å². The van der Waals surface area contributed by atoms with Crippen molar-refractivity contribution in [1.29, 1.82) is 0 Å². The fourth-order valence-electron chi connectivity index (χ4n) is 6.11. The minimum absolute atomic E-state index is 0.0499. The topological polar surface area (TPSA) is 58.9 Å². The van der Waals surface area contributed by atoms with E-state index in [-0.39, 0.29) is 11.5 Å². The molecule has 204 valence electrons. The lowest BCUT2D eigenvalue weighted by atomic mass is 9.59. The van der Waals surface area contributed by atoms with E-state index < -0.39 is 5.41 Å². The first-order valence-electron chi connectivity index (χ1n) is 13.9. The van der Waals surface area contributed by atoms with Gasteiger partial charge in [-0.2, -0.15) is 0 Å². The van der Waals surface area contributed by atoms with Gasteiger partial charge in [0.2, 0.25) is 0 Å². The molecule has 0 saturated heterocycles. The second-order valence-electron chi connectivity index (χ2n) is 10.4. The predicted molar refractivity (Wildman–Crippen MR) is 164 cm³/mol. The summed E-state index contributed by atoms with van der Waals surface area (Å²) in [5.74, 6) is 2.08. The minimum Gasteiger partial charge on any atom is -0.504 e.